The molecule has 9 heteroatoms. The maximum Gasteiger partial charge on any atom is 0.277 e. The monoisotopic (exact) mass is 391 g/mol. The van der Waals surface area contributed by atoms with Gasteiger partial charge in [0.15, 0.2) is 6.61 Å². The van der Waals surface area contributed by atoms with Crippen molar-refractivity contribution in [3.8, 4) is 11.5 Å². The Kier molecular flexibility index (Phi) is 6.73. The first-order valence-corrected chi connectivity index (χ1v) is 8.23. The Bertz CT molecular complexity index is 876. The van der Waals surface area contributed by atoms with E-state index >= 15 is 0 Å². The number of benzene rings is 2. The van der Waals surface area contributed by atoms with Crippen LogP contribution in [0.25, 0.3) is 0 Å². The van der Waals surface area contributed by atoms with Crippen molar-refractivity contribution in [2.45, 2.75) is 13.8 Å². The highest BCUT2D eigenvalue weighted by Gasteiger charge is 2.10. The van der Waals surface area contributed by atoms with Crippen molar-refractivity contribution in [1.82, 2.24) is 5.43 Å². The highest BCUT2D eigenvalue weighted by molar-refractivity contribution is 6.32. The fourth-order valence-electron chi connectivity index (χ4n) is 2.28. The third-order valence-corrected chi connectivity index (χ3v) is 4.19. The Hall–Kier alpha value is -3.13. The van der Waals surface area contributed by atoms with E-state index in [0.29, 0.717) is 22.1 Å². The lowest BCUT2D eigenvalue weighted by Gasteiger charge is -2.09. The Morgan fingerprint density at radius 2 is 1.96 bits per heavy atom. The minimum Gasteiger partial charge on any atom is -0.496 e. The van der Waals surface area contributed by atoms with E-state index in [0.717, 1.165) is 11.1 Å². The van der Waals surface area contributed by atoms with Crippen molar-refractivity contribution < 1.29 is 19.2 Å². The molecule has 2 aromatic carbocycles. The number of methoxy groups -OCH3 is 1. The number of carbonyl (C=O) groups is 1. The first-order valence-electron chi connectivity index (χ1n) is 7.85. The van der Waals surface area contributed by atoms with Crippen molar-refractivity contribution in [3.05, 3.63) is 62.2 Å². The van der Waals surface area contributed by atoms with Crippen molar-refractivity contribution in [1.29, 1.82) is 0 Å². The molecule has 0 radical (unpaired) electrons. The van der Waals surface area contributed by atoms with Crippen molar-refractivity contribution >= 4 is 29.4 Å². The van der Waals surface area contributed by atoms with Gasteiger partial charge in [-0.2, -0.15) is 5.10 Å². The maximum absolute atomic E-state index is 11.9. The van der Waals surface area contributed by atoms with E-state index in [4.69, 9.17) is 21.1 Å². The third kappa shape index (κ3) is 5.42. The molecule has 0 saturated carbocycles. The summed E-state index contributed by atoms with van der Waals surface area (Å²) in [6.07, 6.45) is 1.26. The summed E-state index contributed by atoms with van der Waals surface area (Å²) in [5.41, 5.74) is 4.24. The summed E-state index contributed by atoms with van der Waals surface area (Å²) in [6, 6.07) is 7.54. The van der Waals surface area contributed by atoms with Crippen LogP contribution in [-0.4, -0.2) is 30.8 Å². The van der Waals surface area contributed by atoms with Crippen LogP contribution >= 0.6 is 11.6 Å². The summed E-state index contributed by atoms with van der Waals surface area (Å²) in [5.74, 6) is 0.428. The van der Waals surface area contributed by atoms with Crippen LogP contribution < -0.4 is 14.9 Å². The number of nitro groups is 1. The van der Waals surface area contributed by atoms with Gasteiger partial charge in [0.1, 0.15) is 11.5 Å². The zero-order chi connectivity index (χ0) is 20.0. The first-order chi connectivity index (χ1) is 12.8. The van der Waals surface area contributed by atoms with Crippen LogP contribution in [0, 0.1) is 24.0 Å². The molecule has 0 heterocycles. The molecule has 0 saturated heterocycles. The molecule has 1 N–H and O–H groups in total. The number of nitrogens with zero attached hydrogens (tertiary/aromatic N) is 2. The first kappa shape index (κ1) is 20.2. The van der Waals surface area contributed by atoms with E-state index in [-0.39, 0.29) is 12.3 Å². The van der Waals surface area contributed by atoms with Gasteiger partial charge in [0, 0.05) is 22.7 Å². The van der Waals surface area contributed by atoms with Crippen molar-refractivity contribution in [2.24, 2.45) is 5.10 Å². The third-order valence-electron chi connectivity index (χ3n) is 3.60. The van der Waals surface area contributed by atoms with Crippen molar-refractivity contribution in [2.75, 3.05) is 13.7 Å². The summed E-state index contributed by atoms with van der Waals surface area (Å²) < 4.78 is 10.5. The molecule has 8 nitrogen and oxygen atoms in total. The number of aryl methyl sites for hydroxylation is 2. The van der Waals surface area contributed by atoms with Gasteiger partial charge in [0.2, 0.25) is 0 Å². The van der Waals surface area contributed by atoms with E-state index < -0.39 is 10.8 Å². The predicted molar refractivity (Wildman–Crippen MR) is 102 cm³/mol. The molecule has 0 aromatic heterocycles. The van der Waals surface area contributed by atoms with E-state index in [2.05, 4.69) is 10.5 Å². The summed E-state index contributed by atoms with van der Waals surface area (Å²) in [5, 5.41) is 15.3. The molecule has 0 aliphatic rings. The molecule has 0 aliphatic carbocycles. The number of nitro benzene ring substituents is 1. The lowest BCUT2D eigenvalue weighted by Crippen LogP contribution is -2.24. The number of hydrazone groups is 1. The molecule has 0 bridgehead atoms. The topological polar surface area (TPSA) is 103 Å². The zero-order valence-corrected chi connectivity index (χ0v) is 15.7. The van der Waals surface area contributed by atoms with Gasteiger partial charge in [-0.25, -0.2) is 5.43 Å². The standard InChI is InChI=1S/C18H18ClN3O5/c1-11-6-15(7-12(2)18(11)19)27-10-17(23)21-20-9-13-8-14(22(24)25)4-5-16(13)26-3/h4-9H,10H2,1-3H3,(H,21,23)/b20-9-. The molecule has 0 atom stereocenters. The SMILES string of the molecule is COc1ccc([N+](=O)[O-])cc1/C=N\NC(=O)COc1cc(C)c(Cl)c(C)c1. The number of hydrogen-bond acceptors (Lipinski definition) is 6. The molecule has 2 rings (SSSR count). The van der Waals surface area contributed by atoms with Gasteiger partial charge >= 0.3 is 0 Å². The highest BCUT2D eigenvalue weighted by atomic mass is 35.5. The van der Waals surface area contributed by atoms with Crippen molar-refractivity contribution in [3.63, 3.8) is 0 Å². The lowest BCUT2D eigenvalue weighted by molar-refractivity contribution is -0.384. The second kappa shape index (κ2) is 9.00. The van der Waals surface area contributed by atoms with Gasteiger partial charge in [0.25, 0.3) is 11.6 Å². The minimum atomic E-state index is -0.528. The summed E-state index contributed by atoms with van der Waals surface area (Å²) in [4.78, 5) is 22.2. The number of halogens is 1. The molecular formula is C18H18ClN3O5. The van der Waals surface area contributed by atoms with Crippen LogP contribution in [-0.2, 0) is 4.79 Å². The van der Waals surface area contributed by atoms with Crippen LogP contribution in [0.2, 0.25) is 5.02 Å². The van der Waals surface area contributed by atoms with Crippen LogP contribution in [0.3, 0.4) is 0 Å². The Balaban J connectivity index is 1.97. The number of ether oxygens (including phenoxy) is 2. The number of hydrogen-bond donors (Lipinski definition) is 1. The highest BCUT2D eigenvalue weighted by Crippen LogP contribution is 2.26. The average molecular weight is 392 g/mol. The number of non-ortho nitro benzene ring substituents is 1. The normalized spacial score (nSPS) is 10.7. The zero-order valence-electron chi connectivity index (χ0n) is 15.0. The average Bonchev–Trinajstić information content (AvgIpc) is 2.64. The fourth-order valence-corrected chi connectivity index (χ4v) is 2.39. The quantitative estimate of drug-likeness (QED) is 0.442. The van der Waals surface area contributed by atoms with Gasteiger partial charge < -0.3 is 9.47 Å². The summed E-state index contributed by atoms with van der Waals surface area (Å²) in [7, 11) is 1.43. The molecule has 0 fully saturated rings. The molecular weight excluding hydrogens is 374 g/mol. The van der Waals surface area contributed by atoms with Gasteiger partial charge in [-0.3, -0.25) is 14.9 Å². The fraction of sp³-hybridized carbons (Fsp3) is 0.222. The number of rotatable bonds is 7. The molecule has 142 valence electrons. The summed E-state index contributed by atoms with van der Waals surface area (Å²) >= 11 is 6.09. The van der Waals surface area contributed by atoms with Gasteiger partial charge in [-0.05, 0) is 43.2 Å². The Morgan fingerprint density at radius 1 is 1.30 bits per heavy atom. The van der Waals surface area contributed by atoms with E-state index in [1.165, 1.54) is 31.5 Å². The molecule has 2 aromatic rings. The van der Waals surface area contributed by atoms with Crippen LogP contribution in [0.5, 0.6) is 11.5 Å². The van der Waals surface area contributed by atoms with Gasteiger partial charge in [0.05, 0.1) is 18.2 Å². The van der Waals surface area contributed by atoms with E-state index in [9.17, 15) is 14.9 Å². The second-order valence-corrected chi connectivity index (χ2v) is 6.01. The van der Waals surface area contributed by atoms with Crippen LogP contribution in [0.1, 0.15) is 16.7 Å². The lowest BCUT2D eigenvalue weighted by atomic mass is 10.1. The largest absolute Gasteiger partial charge is 0.496 e. The Labute approximate surface area is 160 Å². The smallest absolute Gasteiger partial charge is 0.277 e. The van der Waals surface area contributed by atoms with E-state index in [1.807, 2.05) is 13.8 Å². The minimum absolute atomic E-state index is 0.111. The summed E-state index contributed by atoms with van der Waals surface area (Å²) in [6.45, 7) is 3.45. The number of amides is 1. The molecule has 27 heavy (non-hydrogen) atoms. The predicted octanol–water partition coefficient (Wildman–Crippen LogP) is 3.40. The Morgan fingerprint density at radius 3 is 2.56 bits per heavy atom. The van der Waals surface area contributed by atoms with Crippen LogP contribution in [0.4, 0.5) is 5.69 Å². The molecule has 0 unspecified atom stereocenters. The molecule has 0 aliphatic heterocycles. The van der Waals surface area contributed by atoms with E-state index in [1.54, 1.807) is 12.1 Å². The maximum atomic E-state index is 11.9. The number of nitrogens with one attached hydrogen (secondary N) is 1. The van der Waals surface area contributed by atoms with Gasteiger partial charge in [-0.15, -0.1) is 0 Å². The van der Waals surface area contributed by atoms with Crippen LogP contribution in [0.15, 0.2) is 35.4 Å². The molecule has 0 spiro atoms. The van der Waals surface area contributed by atoms with Gasteiger partial charge in [-0.1, -0.05) is 11.6 Å². The molecule has 1 amide bonds. The second-order valence-electron chi connectivity index (χ2n) is 5.64. The number of carbonyl (C=O) groups excluding carboxylic acids is 1.